The molecule has 0 amide bonds. The van der Waals surface area contributed by atoms with Crippen molar-refractivity contribution in [1.29, 1.82) is 0 Å². The number of nitrogens with zero attached hydrogens (tertiary/aromatic N) is 2. The minimum atomic E-state index is -0.851. The fourth-order valence-electron chi connectivity index (χ4n) is 3.39. The number of hydrogen-bond donors (Lipinski definition) is 1. The van der Waals surface area contributed by atoms with E-state index in [1.807, 2.05) is 0 Å². The van der Waals surface area contributed by atoms with E-state index < -0.39 is 5.97 Å². The fraction of sp³-hybridized carbons (Fsp3) is 0.692. The Morgan fingerprint density at radius 1 is 1.39 bits per heavy atom. The number of rotatable bonds is 2. The summed E-state index contributed by atoms with van der Waals surface area (Å²) in [5.41, 5.74) is 0.655. The van der Waals surface area contributed by atoms with E-state index in [-0.39, 0.29) is 0 Å². The van der Waals surface area contributed by atoms with E-state index in [1.165, 1.54) is 43.4 Å². The lowest BCUT2D eigenvalue weighted by molar-refractivity contribution is 0.0701. The van der Waals surface area contributed by atoms with Crippen molar-refractivity contribution in [3.05, 3.63) is 10.6 Å². The molecule has 2 atom stereocenters. The summed E-state index contributed by atoms with van der Waals surface area (Å²) in [6.07, 6.45) is 6.42. The summed E-state index contributed by atoms with van der Waals surface area (Å²) < 4.78 is 0. The van der Waals surface area contributed by atoms with Crippen LogP contribution in [-0.2, 0) is 0 Å². The summed E-state index contributed by atoms with van der Waals surface area (Å²) >= 11 is 1.34. The third-order valence-electron chi connectivity index (χ3n) is 4.22. The van der Waals surface area contributed by atoms with E-state index in [1.54, 1.807) is 6.92 Å². The Hall–Kier alpha value is -1.10. The van der Waals surface area contributed by atoms with Gasteiger partial charge < -0.3 is 10.0 Å². The van der Waals surface area contributed by atoms with Gasteiger partial charge in [0.05, 0.1) is 5.69 Å². The Balaban J connectivity index is 1.89. The number of carbonyl (C=O) groups is 1. The molecule has 1 aliphatic heterocycles. The maximum atomic E-state index is 11.1. The van der Waals surface area contributed by atoms with Crippen LogP contribution in [0.15, 0.2) is 0 Å². The van der Waals surface area contributed by atoms with Crippen molar-refractivity contribution in [3.63, 3.8) is 0 Å². The first-order chi connectivity index (χ1) is 8.66. The van der Waals surface area contributed by atoms with E-state index in [9.17, 15) is 4.79 Å². The van der Waals surface area contributed by atoms with Gasteiger partial charge in [-0.05, 0) is 38.5 Å². The first-order valence-electron chi connectivity index (χ1n) is 6.64. The van der Waals surface area contributed by atoms with Gasteiger partial charge in [0, 0.05) is 12.6 Å². The van der Waals surface area contributed by atoms with Crippen LogP contribution < -0.4 is 4.90 Å². The normalized spacial score (nSPS) is 27.3. The number of aromatic nitrogens is 1. The number of thiazole rings is 1. The fourth-order valence-corrected chi connectivity index (χ4v) is 4.38. The first-order valence-corrected chi connectivity index (χ1v) is 7.46. The lowest BCUT2D eigenvalue weighted by Gasteiger charge is -2.37. The summed E-state index contributed by atoms with van der Waals surface area (Å²) in [6.45, 7) is 2.83. The third-order valence-corrected chi connectivity index (χ3v) is 5.40. The largest absolute Gasteiger partial charge is 0.477 e. The predicted molar refractivity (Wildman–Crippen MR) is 71.5 cm³/mol. The Bertz CT molecular complexity index is 472. The molecule has 0 bridgehead atoms. The third kappa shape index (κ3) is 1.90. The molecule has 0 spiro atoms. The molecule has 1 aliphatic carbocycles. The van der Waals surface area contributed by atoms with Crippen LogP contribution in [-0.4, -0.2) is 28.6 Å². The number of carboxylic acid groups (broad SMARTS) is 1. The smallest absolute Gasteiger partial charge is 0.347 e. The van der Waals surface area contributed by atoms with Gasteiger partial charge in [0.2, 0.25) is 0 Å². The zero-order valence-corrected chi connectivity index (χ0v) is 11.4. The maximum Gasteiger partial charge on any atom is 0.347 e. The van der Waals surface area contributed by atoms with E-state index in [0.29, 0.717) is 16.6 Å². The van der Waals surface area contributed by atoms with E-state index in [0.717, 1.165) is 17.6 Å². The van der Waals surface area contributed by atoms with Crippen LogP contribution in [0, 0.1) is 12.8 Å². The second-order valence-electron chi connectivity index (χ2n) is 5.31. The second kappa shape index (κ2) is 4.53. The highest BCUT2D eigenvalue weighted by Crippen LogP contribution is 2.40. The average molecular weight is 266 g/mol. The molecule has 98 valence electrons. The van der Waals surface area contributed by atoms with Crippen LogP contribution in [0.3, 0.4) is 0 Å². The lowest BCUT2D eigenvalue weighted by atomic mass is 9.92. The lowest BCUT2D eigenvalue weighted by Crippen LogP contribution is -2.42. The standard InChI is InChI=1S/C13H18N2O2S/c1-8-11(12(16)17)18-13(14-8)15-7-3-5-9-4-2-6-10(9)15/h9-10H,2-7H2,1H3,(H,16,17). The van der Waals surface area contributed by atoms with E-state index >= 15 is 0 Å². The Morgan fingerprint density at radius 3 is 2.89 bits per heavy atom. The van der Waals surface area contributed by atoms with E-state index in [4.69, 9.17) is 5.11 Å². The van der Waals surface area contributed by atoms with Crippen molar-refractivity contribution in [3.8, 4) is 0 Å². The minimum absolute atomic E-state index is 0.394. The molecule has 2 unspecified atom stereocenters. The van der Waals surface area contributed by atoms with Crippen LogP contribution in [0.25, 0.3) is 0 Å². The van der Waals surface area contributed by atoms with Crippen LogP contribution >= 0.6 is 11.3 Å². The number of fused-ring (bicyclic) bond motifs is 1. The number of aromatic carboxylic acids is 1. The zero-order valence-electron chi connectivity index (χ0n) is 10.6. The highest BCUT2D eigenvalue weighted by atomic mass is 32.1. The number of anilines is 1. The first kappa shape index (κ1) is 12.0. The van der Waals surface area contributed by atoms with Gasteiger partial charge >= 0.3 is 5.97 Å². The molecule has 1 aromatic rings. The molecule has 2 aliphatic rings. The minimum Gasteiger partial charge on any atom is -0.477 e. The quantitative estimate of drug-likeness (QED) is 0.894. The van der Waals surface area contributed by atoms with Crippen molar-refractivity contribution in [2.75, 3.05) is 11.4 Å². The summed E-state index contributed by atoms with van der Waals surface area (Å²) in [4.78, 5) is 18.3. The summed E-state index contributed by atoms with van der Waals surface area (Å²) in [5, 5.41) is 10.0. The number of piperidine rings is 1. The Labute approximate surface area is 111 Å². The van der Waals surface area contributed by atoms with Crippen molar-refractivity contribution in [1.82, 2.24) is 4.98 Å². The molecule has 3 rings (SSSR count). The average Bonchev–Trinajstić information content (AvgIpc) is 2.94. The highest BCUT2D eigenvalue weighted by molar-refractivity contribution is 7.17. The van der Waals surface area contributed by atoms with Crippen LogP contribution in [0.1, 0.15) is 47.5 Å². The van der Waals surface area contributed by atoms with Crippen molar-refractivity contribution < 1.29 is 9.90 Å². The number of carboxylic acids is 1. The van der Waals surface area contributed by atoms with Crippen molar-refractivity contribution >= 4 is 22.4 Å². The van der Waals surface area contributed by atoms with Gasteiger partial charge in [-0.2, -0.15) is 0 Å². The van der Waals surface area contributed by atoms with Crippen LogP contribution in [0.5, 0.6) is 0 Å². The molecule has 1 saturated heterocycles. The molecule has 1 N–H and O–H groups in total. The number of aryl methyl sites for hydroxylation is 1. The second-order valence-corrected chi connectivity index (χ2v) is 6.29. The molecule has 1 aromatic heterocycles. The molecular weight excluding hydrogens is 248 g/mol. The summed E-state index contributed by atoms with van der Waals surface area (Å²) in [6, 6.07) is 0.603. The number of hydrogen-bond acceptors (Lipinski definition) is 4. The van der Waals surface area contributed by atoms with Gasteiger partial charge in [0.25, 0.3) is 0 Å². The molecule has 2 heterocycles. The van der Waals surface area contributed by atoms with E-state index in [2.05, 4.69) is 9.88 Å². The van der Waals surface area contributed by atoms with Gasteiger partial charge in [0.15, 0.2) is 5.13 Å². The van der Waals surface area contributed by atoms with Gasteiger partial charge in [-0.25, -0.2) is 9.78 Å². The Morgan fingerprint density at radius 2 is 2.17 bits per heavy atom. The molecule has 1 saturated carbocycles. The van der Waals surface area contributed by atoms with Crippen molar-refractivity contribution in [2.45, 2.75) is 45.1 Å². The molecule has 4 nitrogen and oxygen atoms in total. The molecule has 0 radical (unpaired) electrons. The molecular formula is C13H18N2O2S. The van der Waals surface area contributed by atoms with Crippen molar-refractivity contribution in [2.24, 2.45) is 5.92 Å². The molecule has 18 heavy (non-hydrogen) atoms. The summed E-state index contributed by atoms with van der Waals surface area (Å²) in [7, 11) is 0. The Kier molecular flexibility index (Phi) is 3.01. The topological polar surface area (TPSA) is 53.4 Å². The summed E-state index contributed by atoms with van der Waals surface area (Å²) in [5.74, 6) is -0.0486. The monoisotopic (exact) mass is 266 g/mol. The van der Waals surface area contributed by atoms with Gasteiger partial charge in [-0.3, -0.25) is 0 Å². The van der Waals surface area contributed by atoms with Gasteiger partial charge in [-0.1, -0.05) is 17.8 Å². The molecule has 2 fully saturated rings. The molecule has 0 aromatic carbocycles. The highest BCUT2D eigenvalue weighted by Gasteiger charge is 2.36. The van der Waals surface area contributed by atoms with Crippen LogP contribution in [0.2, 0.25) is 0 Å². The molecule has 5 heteroatoms. The zero-order chi connectivity index (χ0) is 12.7. The predicted octanol–water partition coefficient (Wildman–Crippen LogP) is 2.92. The van der Waals surface area contributed by atoms with Crippen LogP contribution in [0.4, 0.5) is 5.13 Å². The van der Waals surface area contributed by atoms with Gasteiger partial charge in [0.1, 0.15) is 4.88 Å². The van der Waals surface area contributed by atoms with Gasteiger partial charge in [-0.15, -0.1) is 0 Å². The maximum absolute atomic E-state index is 11.1. The SMILES string of the molecule is Cc1nc(N2CCCC3CCCC32)sc1C(=O)O.